The van der Waals surface area contributed by atoms with Crippen LogP contribution in [0.1, 0.15) is 67.8 Å². The predicted octanol–water partition coefficient (Wildman–Crippen LogP) is 8.70. The Bertz CT molecular complexity index is 1690. The molecule has 44 heavy (non-hydrogen) atoms. The van der Waals surface area contributed by atoms with Gasteiger partial charge in [0.25, 0.3) is 0 Å². The number of halogens is 2. The summed E-state index contributed by atoms with van der Waals surface area (Å²) in [4.78, 5) is 21.1. The van der Waals surface area contributed by atoms with Gasteiger partial charge in [-0.3, -0.25) is 0 Å². The Labute approximate surface area is 267 Å². The van der Waals surface area contributed by atoms with Crippen molar-refractivity contribution in [3.63, 3.8) is 0 Å². The number of likely N-dealkylation sites (tertiary alicyclic amines) is 1. The van der Waals surface area contributed by atoms with Gasteiger partial charge in [-0.25, -0.2) is 14.2 Å². The van der Waals surface area contributed by atoms with Crippen molar-refractivity contribution in [3.8, 4) is 5.88 Å². The number of aliphatic hydroxyl groups is 1. The number of carbonyl (C=O) groups is 1. The summed E-state index contributed by atoms with van der Waals surface area (Å²) in [6.45, 7) is 7.48. The molecule has 1 aliphatic rings. The number of fused-ring (bicyclic) bond motifs is 1. The van der Waals surface area contributed by atoms with E-state index in [-0.39, 0.29) is 25.2 Å². The smallest absolute Gasteiger partial charge is 0.410 e. The van der Waals surface area contributed by atoms with E-state index in [4.69, 9.17) is 26.1 Å². The fourth-order valence-electron chi connectivity index (χ4n) is 6.23. The third-order valence-electron chi connectivity index (χ3n) is 8.17. The topological polar surface area (TPSA) is 71.9 Å². The van der Waals surface area contributed by atoms with Crippen LogP contribution in [0.5, 0.6) is 5.88 Å². The lowest BCUT2D eigenvalue weighted by Crippen LogP contribution is -2.52. The zero-order valence-corrected chi connectivity index (χ0v) is 27.4. The van der Waals surface area contributed by atoms with Crippen LogP contribution in [0.25, 0.3) is 10.9 Å². The number of rotatable bonds is 6. The Morgan fingerprint density at radius 2 is 1.93 bits per heavy atom. The second-order valence-electron chi connectivity index (χ2n) is 12.4. The van der Waals surface area contributed by atoms with Crippen molar-refractivity contribution in [2.45, 2.75) is 68.6 Å². The summed E-state index contributed by atoms with van der Waals surface area (Å²) in [5, 5.41) is 14.3. The maximum Gasteiger partial charge on any atom is 0.410 e. The van der Waals surface area contributed by atoms with E-state index in [9.17, 15) is 14.3 Å². The first-order chi connectivity index (χ1) is 20.8. The third-order valence-corrected chi connectivity index (χ3v) is 9.13. The lowest BCUT2D eigenvalue weighted by molar-refractivity contribution is -0.0643. The fraction of sp³-hybridized carbons (Fsp3) is 0.371. The molecule has 3 aromatic carbocycles. The van der Waals surface area contributed by atoms with E-state index in [0.29, 0.717) is 22.0 Å². The van der Waals surface area contributed by atoms with Gasteiger partial charge >= 0.3 is 6.09 Å². The van der Waals surface area contributed by atoms with E-state index in [1.165, 1.54) is 12.1 Å². The van der Waals surface area contributed by atoms with Crippen molar-refractivity contribution in [2.24, 2.45) is 0 Å². The van der Waals surface area contributed by atoms with E-state index >= 15 is 0 Å². The molecule has 2 heterocycles. The maximum absolute atomic E-state index is 14.2. The van der Waals surface area contributed by atoms with Gasteiger partial charge in [0.15, 0.2) is 0 Å². The van der Waals surface area contributed by atoms with Crippen molar-refractivity contribution in [1.29, 1.82) is 0 Å². The molecule has 6 nitrogen and oxygen atoms in total. The Balaban J connectivity index is 1.69. The number of ether oxygens (including phenoxy) is 2. The third kappa shape index (κ3) is 6.67. The average molecular weight is 637 g/mol. The molecule has 0 radical (unpaired) electrons. The van der Waals surface area contributed by atoms with Crippen LogP contribution < -0.4 is 4.74 Å². The number of amides is 1. The van der Waals surface area contributed by atoms with Gasteiger partial charge in [0.1, 0.15) is 11.4 Å². The number of carbonyl (C=O) groups excluding carboxylic acids is 1. The van der Waals surface area contributed by atoms with Gasteiger partial charge in [-0.2, -0.15) is 0 Å². The van der Waals surface area contributed by atoms with Crippen LogP contribution in [0.2, 0.25) is 5.02 Å². The summed E-state index contributed by atoms with van der Waals surface area (Å²) < 4.78 is 25.9. The number of hydrogen-bond acceptors (Lipinski definition) is 6. The summed E-state index contributed by atoms with van der Waals surface area (Å²) in [6, 6.07) is 19.5. The summed E-state index contributed by atoms with van der Waals surface area (Å²) in [5.41, 5.74) is 1.61. The van der Waals surface area contributed by atoms with Crippen LogP contribution in [-0.2, 0) is 4.74 Å². The SMILES string of the molecule is COc1nc2ccc(SC)cc2cc1C(c1cccc(Cl)c1)C1(O)CCN(C(=O)OC(C)(C)C)C(c2ccc(F)cc2C)C1. The molecule has 1 aromatic heterocycles. The van der Waals surface area contributed by atoms with Crippen LogP contribution >= 0.6 is 23.4 Å². The minimum absolute atomic E-state index is 0.155. The first-order valence-electron chi connectivity index (χ1n) is 14.6. The Kier molecular flexibility index (Phi) is 9.17. The van der Waals surface area contributed by atoms with Crippen molar-refractivity contribution in [1.82, 2.24) is 9.88 Å². The highest BCUT2D eigenvalue weighted by Crippen LogP contribution is 2.50. The molecule has 4 aromatic rings. The standard InChI is InChI=1S/C35H38ClFN2O4S/c1-21-16-25(37)10-12-27(21)30-20-35(41,14-15-39(30)33(40)43-34(2,3)4)31(22-8-7-9-24(36)17-22)28-19-23-18-26(44-6)11-13-29(23)38-32(28)42-5/h7-13,16-19,30-31,41H,14-15,20H2,1-6H3. The molecular weight excluding hydrogens is 599 g/mol. The number of methoxy groups -OCH3 is 1. The highest BCUT2D eigenvalue weighted by atomic mass is 35.5. The van der Waals surface area contributed by atoms with E-state index < -0.39 is 29.3 Å². The molecule has 0 aliphatic carbocycles. The number of benzene rings is 3. The number of pyridine rings is 1. The molecule has 0 spiro atoms. The van der Waals surface area contributed by atoms with Crippen LogP contribution in [0.3, 0.4) is 0 Å². The number of nitrogens with zero attached hydrogens (tertiary/aromatic N) is 2. The van der Waals surface area contributed by atoms with Gasteiger partial charge in [-0.1, -0.05) is 29.8 Å². The summed E-state index contributed by atoms with van der Waals surface area (Å²) in [6.07, 6.45) is 1.93. The van der Waals surface area contributed by atoms with Crippen LogP contribution in [0.15, 0.2) is 71.6 Å². The average Bonchev–Trinajstić information content (AvgIpc) is 2.95. The van der Waals surface area contributed by atoms with Crippen molar-refractivity contribution in [2.75, 3.05) is 19.9 Å². The number of piperidine rings is 1. The molecular formula is C35H38ClFN2O4S. The summed E-state index contributed by atoms with van der Waals surface area (Å²) in [7, 11) is 1.57. The number of thioether (sulfide) groups is 1. The van der Waals surface area contributed by atoms with Crippen molar-refractivity contribution < 1.29 is 23.8 Å². The molecule has 232 valence electrons. The van der Waals surface area contributed by atoms with E-state index in [0.717, 1.165) is 26.9 Å². The zero-order chi connectivity index (χ0) is 31.8. The zero-order valence-electron chi connectivity index (χ0n) is 25.9. The van der Waals surface area contributed by atoms with Gasteiger partial charge in [-0.05, 0) is 106 Å². The van der Waals surface area contributed by atoms with Gasteiger partial charge in [0.05, 0.1) is 24.3 Å². The molecule has 9 heteroatoms. The quantitative estimate of drug-likeness (QED) is 0.214. The van der Waals surface area contributed by atoms with Gasteiger partial charge < -0.3 is 19.5 Å². The maximum atomic E-state index is 14.2. The molecule has 5 rings (SSSR count). The van der Waals surface area contributed by atoms with Crippen LogP contribution in [0, 0.1) is 12.7 Å². The van der Waals surface area contributed by atoms with Gasteiger partial charge in [-0.15, -0.1) is 11.8 Å². The van der Waals surface area contributed by atoms with Gasteiger partial charge in [0, 0.05) is 39.8 Å². The summed E-state index contributed by atoms with van der Waals surface area (Å²) >= 11 is 8.16. The minimum Gasteiger partial charge on any atom is -0.481 e. The molecule has 3 atom stereocenters. The molecule has 0 bridgehead atoms. The predicted molar refractivity (Wildman–Crippen MR) is 174 cm³/mol. The number of aryl methyl sites for hydroxylation is 1. The van der Waals surface area contributed by atoms with Gasteiger partial charge in [0.2, 0.25) is 5.88 Å². The highest BCUT2D eigenvalue weighted by molar-refractivity contribution is 7.98. The van der Waals surface area contributed by atoms with Crippen LogP contribution in [0.4, 0.5) is 9.18 Å². The lowest BCUT2D eigenvalue weighted by Gasteiger charge is -2.48. The molecule has 3 unspecified atom stereocenters. The monoisotopic (exact) mass is 636 g/mol. The second-order valence-corrected chi connectivity index (χ2v) is 13.7. The van der Waals surface area contributed by atoms with E-state index in [1.54, 1.807) is 35.9 Å². The van der Waals surface area contributed by atoms with Crippen molar-refractivity contribution in [3.05, 3.63) is 99.8 Å². The van der Waals surface area contributed by atoms with Crippen LogP contribution in [-0.4, -0.2) is 52.2 Å². The fourth-order valence-corrected chi connectivity index (χ4v) is 6.87. The van der Waals surface area contributed by atoms with E-state index in [1.807, 2.05) is 70.3 Å². The summed E-state index contributed by atoms with van der Waals surface area (Å²) in [5.74, 6) is -0.582. The molecule has 1 N–H and O–H groups in total. The molecule has 0 saturated carbocycles. The minimum atomic E-state index is -1.38. The molecule has 1 amide bonds. The Morgan fingerprint density at radius 1 is 1.16 bits per heavy atom. The number of aromatic nitrogens is 1. The van der Waals surface area contributed by atoms with Crippen molar-refractivity contribution >= 4 is 40.4 Å². The molecule has 1 aliphatic heterocycles. The normalized spacial score (nSPS) is 19.6. The highest BCUT2D eigenvalue weighted by Gasteiger charge is 2.49. The largest absolute Gasteiger partial charge is 0.481 e. The van der Waals surface area contributed by atoms with E-state index in [2.05, 4.69) is 6.07 Å². The molecule has 1 fully saturated rings. The Hall–Kier alpha value is -3.33. The second kappa shape index (κ2) is 12.6. The lowest BCUT2D eigenvalue weighted by atomic mass is 9.69. The first-order valence-corrected chi connectivity index (χ1v) is 16.2. The molecule has 1 saturated heterocycles. The number of hydrogen-bond donors (Lipinski definition) is 1. The Morgan fingerprint density at radius 3 is 2.59 bits per heavy atom. The first kappa shape index (κ1) is 32.1.